The maximum atomic E-state index is 11.5. The molecule has 0 aliphatic carbocycles. The van der Waals surface area contributed by atoms with Gasteiger partial charge in [-0.3, -0.25) is 9.59 Å². The molecule has 1 heterocycles. The van der Waals surface area contributed by atoms with Crippen molar-refractivity contribution in [2.24, 2.45) is 5.73 Å². The molecule has 0 saturated carbocycles. The van der Waals surface area contributed by atoms with Crippen LogP contribution in [0.1, 0.15) is 33.4 Å². The Labute approximate surface area is 96.0 Å². The number of carbonyl (C=O) groups is 2. The molecule has 0 aliphatic heterocycles. The van der Waals surface area contributed by atoms with E-state index in [1.807, 2.05) is 6.26 Å². The van der Waals surface area contributed by atoms with Gasteiger partial charge in [0.15, 0.2) is 5.78 Å². The van der Waals surface area contributed by atoms with E-state index < -0.39 is 5.91 Å². The summed E-state index contributed by atoms with van der Waals surface area (Å²) in [5.41, 5.74) is 11.4. The lowest BCUT2D eigenvalue weighted by Gasteiger charge is -1.97. The van der Waals surface area contributed by atoms with E-state index in [1.54, 1.807) is 6.92 Å². The third-order valence-electron chi connectivity index (χ3n) is 1.92. The smallest absolute Gasteiger partial charge is 0.252 e. The minimum absolute atomic E-state index is 0.0553. The molecule has 82 valence electrons. The van der Waals surface area contributed by atoms with Crippen molar-refractivity contribution in [3.05, 3.63) is 10.4 Å². The minimum Gasteiger partial charge on any atom is -0.397 e. The first-order valence-electron chi connectivity index (χ1n) is 4.32. The van der Waals surface area contributed by atoms with Gasteiger partial charge in [-0.1, -0.05) is 6.92 Å². The van der Waals surface area contributed by atoms with Crippen molar-refractivity contribution in [2.45, 2.75) is 17.6 Å². The van der Waals surface area contributed by atoms with Crippen LogP contribution in [0.4, 0.5) is 5.69 Å². The second kappa shape index (κ2) is 4.67. The number of anilines is 1. The summed E-state index contributed by atoms with van der Waals surface area (Å²) >= 11 is 2.61. The number of ketones is 1. The highest BCUT2D eigenvalue weighted by atomic mass is 32.2. The predicted octanol–water partition coefficient (Wildman–Crippen LogP) is 1.74. The van der Waals surface area contributed by atoms with Gasteiger partial charge in [-0.2, -0.15) is 0 Å². The Kier molecular flexibility index (Phi) is 3.76. The van der Waals surface area contributed by atoms with E-state index in [1.165, 1.54) is 23.1 Å². The number of Topliss-reactive ketones (excluding diaryl/α,β-unsaturated/α-hetero) is 1. The molecule has 1 rings (SSSR count). The van der Waals surface area contributed by atoms with Gasteiger partial charge in [-0.25, -0.2) is 0 Å². The number of nitrogens with two attached hydrogens (primary N) is 2. The van der Waals surface area contributed by atoms with Crippen LogP contribution < -0.4 is 11.5 Å². The Morgan fingerprint density at radius 3 is 2.40 bits per heavy atom. The van der Waals surface area contributed by atoms with Gasteiger partial charge in [-0.05, 0) is 6.26 Å². The molecular formula is C9H12N2O2S2. The molecule has 0 spiro atoms. The Bertz CT molecular complexity index is 412. The fourth-order valence-corrected chi connectivity index (χ4v) is 3.13. The summed E-state index contributed by atoms with van der Waals surface area (Å²) in [5, 5.41) is 0. The number of rotatable bonds is 4. The topological polar surface area (TPSA) is 86.2 Å². The van der Waals surface area contributed by atoms with Gasteiger partial charge in [-0.15, -0.1) is 23.1 Å². The SMILES string of the molecule is CCC(=O)c1sc(SC)c(C(N)=O)c1N. The first-order valence-corrected chi connectivity index (χ1v) is 6.36. The zero-order valence-corrected chi connectivity index (χ0v) is 10.1. The third-order valence-corrected chi connectivity index (χ3v) is 4.29. The largest absolute Gasteiger partial charge is 0.397 e. The summed E-state index contributed by atoms with van der Waals surface area (Å²) in [5.74, 6) is -0.636. The first-order chi connectivity index (χ1) is 7.02. The number of hydrogen-bond acceptors (Lipinski definition) is 5. The quantitative estimate of drug-likeness (QED) is 0.624. The summed E-state index contributed by atoms with van der Waals surface area (Å²) < 4.78 is 0.705. The molecule has 15 heavy (non-hydrogen) atoms. The summed E-state index contributed by atoms with van der Waals surface area (Å²) in [6.45, 7) is 1.75. The molecule has 0 radical (unpaired) electrons. The van der Waals surface area contributed by atoms with Crippen molar-refractivity contribution in [1.82, 2.24) is 0 Å². The van der Waals surface area contributed by atoms with Crippen LogP contribution in [0.25, 0.3) is 0 Å². The molecule has 4 N–H and O–H groups in total. The number of carbonyl (C=O) groups excluding carboxylic acids is 2. The van der Waals surface area contributed by atoms with Crippen molar-refractivity contribution in [2.75, 3.05) is 12.0 Å². The second-order valence-corrected chi connectivity index (χ2v) is 4.95. The molecule has 0 aliphatic rings. The Balaban J connectivity index is 3.34. The summed E-state index contributed by atoms with van der Waals surface area (Å²) in [4.78, 5) is 23.1. The van der Waals surface area contributed by atoms with Crippen LogP contribution in [0.15, 0.2) is 4.21 Å². The molecule has 0 fully saturated rings. The average Bonchev–Trinajstić information content (AvgIpc) is 2.54. The molecular weight excluding hydrogens is 232 g/mol. The van der Waals surface area contributed by atoms with Crippen molar-refractivity contribution in [1.29, 1.82) is 0 Å². The fourth-order valence-electron chi connectivity index (χ4n) is 1.17. The molecule has 1 aromatic rings. The highest BCUT2D eigenvalue weighted by molar-refractivity contribution is 8.00. The predicted molar refractivity (Wildman–Crippen MR) is 63.7 cm³/mol. The molecule has 0 aromatic carbocycles. The molecule has 6 heteroatoms. The minimum atomic E-state index is -0.580. The number of thioether (sulfide) groups is 1. The van der Waals surface area contributed by atoms with E-state index >= 15 is 0 Å². The van der Waals surface area contributed by atoms with Crippen LogP contribution >= 0.6 is 23.1 Å². The van der Waals surface area contributed by atoms with Crippen molar-refractivity contribution in [3.63, 3.8) is 0 Å². The van der Waals surface area contributed by atoms with Gasteiger partial charge in [0.25, 0.3) is 5.91 Å². The van der Waals surface area contributed by atoms with Crippen molar-refractivity contribution < 1.29 is 9.59 Å². The highest BCUT2D eigenvalue weighted by Crippen LogP contribution is 2.37. The van der Waals surface area contributed by atoms with E-state index in [9.17, 15) is 9.59 Å². The van der Waals surface area contributed by atoms with E-state index in [4.69, 9.17) is 11.5 Å². The van der Waals surface area contributed by atoms with E-state index in [2.05, 4.69) is 0 Å². The van der Waals surface area contributed by atoms with E-state index in [-0.39, 0.29) is 17.0 Å². The number of thiophene rings is 1. The van der Waals surface area contributed by atoms with Crippen molar-refractivity contribution >= 4 is 40.5 Å². The van der Waals surface area contributed by atoms with Gasteiger partial charge in [0.1, 0.15) is 0 Å². The van der Waals surface area contributed by atoms with Crippen LogP contribution in [0.3, 0.4) is 0 Å². The van der Waals surface area contributed by atoms with Gasteiger partial charge >= 0.3 is 0 Å². The zero-order valence-electron chi connectivity index (χ0n) is 8.49. The molecule has 4 nitrogen and oxygen atoms in total. The summed E-state index contributed by atoms with van der Waals surface area (Å²) in [6.07, 6.45) is 2.19. The lowest BCUT2D eigenvalue weighted by atomic mass is 10.2. The van der Waals surface area contributed by atoms with Crippen LogP contribution in [0.5, 0.6) is 0 Å². The maximum absolute atomic E-state index is 11.5. The lowest BCUT2D eigenvalue weighted by Crippen LogP contribution is -2.13. The molecule has 1 aromatic heterocycles. The van der Waals surface area contributed by atoms with Crippen LogP contribution in [-0.2, 0) is 0 Å². The number of nitrogen functional groups attached to an aromatic ring is 1. The van der Waals surface area contributed by atoms with Crippen molar-refractivity contribution in [3.8, 4) is 0 Å². The standard InChI is InChI=1S/C9H12N2O2S2/c1-3-4(12)7-6(10)5(8(11)13)9(14-2)15-7/h3,10H2,1-2H3,(H2,11,13). The van der Waals surface area contributed by atoms with Crippen LogP contribution in [-0.4, -0.2) is 17.9 Å². The Morgan fingerprint density at radius 1 is 1.47 bits per heavy atom. The van der Waals surface area contributed by atoms with Crippen LogP contribution in [0, 0.1) is 0 Å². The van der Waals surface area contributed by atoms with Gasteiger partial charge in [0.2, 0.25) is 0 Å². The lowest BCUT2D eigenvalue weighted by molar-refractivity contribution is 0.0991. The molecule has 0 bridgehead atoms. The highest BCUT2D eigenvalue weighted by Gasteiger charge is 2.22. The van der Waals surface area contributed by atoms with Gasteiger partial charge in [0, 0.05) is 6.42 Å². The maximum Gasteiger partial charge on any atom is 0.252 e. The van der Waals surface area contributed by atoms with Crippen LogP contribution in [0.2, 0.25) is 0 Å². The Hall–Kier alpha value is -1.01. The molecule has 0 unspecified atom stereocenters. The van der Waals surface area contributed by atoms with Gasteiger partial charge in [0.05, 0.1) is 20.3 Å². The molecule has 0 atom stereocenters. The average molecular weight is 244 g/mol. The Morgan fingerprint density at radius 2 is 2.07 bits per heavy atom. The third kappa shape index (κ3) is 2.15. The number of primary amides is 1. The molecule has 1 amide bonds. The zero-order chi connectivity index (χ0) is 11.6. The second-order valence-electron chi connectivity index (χ2n) is 2.85. The summed E-state index contributed by atoms with van der Waals surface area (Å²) in [6, 6.07) is 0. The van der Waals surface area contributed by atoms with Gasteiger partial charge < -0.3 is 11.5 Å². The first kappa shape index (κ1) is 12.1. The fraction of sp³-hybridized carbons (Fsp3) is 0.333. The monoisotopic (exact) mass is 244 g/mol. The number of amides is 1. The summed E-state index contributed by atoms with van der Waals surface area (Å²) in [7, 11) is 0. The number of hydrogen-bond donors (Lipinski definition) is 2. The van der Waals surface area contributed by atoms with E-state index in [0.717, 1.165) is 0 Å². The normalized spacial score (nSPS) is 10.3. The van der Waals surface area contributed by atoms with E-state index in [0.29, 0.717) is 15.5 Å². The molecule has 0 saturated heterocycles.